The first-order chi connectivity index (χ1) is 20.9. The standard InChI is InChI=1S/C32H42N8O4/c1-6-30(4)14-23(31(5)19(2)9-11-32(20(3)27(30)43)12-10-22(41)26(31)32)44-24(42)16-40-15-21(37-38-40)8-7-13-39-18-36-25-28(33)34-17-35-29(25)39/h6-7,13,15,17-20,23,26-27,43H,1,8-12,14,16H2,2-5H3,(H2,33,34,35)/b13-7+/t19?,20-,23+,26-,27-,30+,31-,32?/m0/s1. The predicted molar refractivity (Wildman–Crippen MR) is 163 cm³/mol. The van der Waals surface area contributed by atoms with Crippen LogP contribution in [0.25, 0.3) is 17.4 Å². The van der Waals surface area contributed by atoms with Crippen molar-refractivity contribution in [3.8, 4) is 0 Å². The number of ketones is 1. The van der Waals surface area contributed by atoms with Gasteiger partial charge < -0.3 is 15.6 Å². The van der Waals surface area contributed by atoms with E-state index >= 15 is 0 Å². The molecular formula is C32H42N8O4. The first-order valence-corrected chi connectivity index (χ1v) is 15.5. The molecule has 3 saturated carbocycles. The fourth-order valence-corrected chi connectivity index (χ4v) is 8.61. The van der Waals surface area contributed by atoms with Crippen molar-refractivity contribution in [3.63, 3.8) is 0 Å². The maximum absolute atomic E-state index is 13.6. The summed E-state index contributed by atoms with van der Waals surface area (Å²) in [6, 6.07) is 0. The number of esters is 1. The molecule has 3 aromatic heterocycles. The number of Topliss-reactive ketones (excluding diaryl/α,β-unsaturated/α-hetero) is 1. The lowest BCUT2D eigenvalue weighted by molar-refractivity contribution is -0.207. The number of hydrogen-bond donors (Lipinski definition) is 2. The molecule has 3 aliphatic rings. The Morgan fingerprint density at radius 3 is 2.82 bits per heavy atom. The monoisotopic (exact) mass is 602 g/mol. The van der Waals surface area contributed by atoms with Crippen LogP contribution in [0.3, 0.4) is 0 Å². The van der Waals surface area contributed by atoms with Crippen LogP contribution in [0.5, 0.6) is 0 Å². The van der Waals surface area contributed by atoms with Crippen molar-refractivity contribution >= 4 is 34.9 Å². The molecule has 3 fully saturated rings. The highest BCUT2D eigenvalue weighted by Crippen LogP contribution is 2.68. The van der Waals surface area contributed by atoms with E-state index in [1.807, 2.05) is 19.2 Å². The first-order valence-electron chi connectivity index (χ1n) is 15.5. The van der Waals surface area contributed by atoms with E-state index in [0.29, 0.717) is 41.9 Å². The van der Waals surface area contributed by atoms with Gasteiger partial charge in [-0.05, 0) is 42.9 Å². The molecule has 3 aromatic rings. The van der Waals surface area contributed by atoms with Crippen molar-refractivity contribution in [2.45, 2.75) is 85.0 Å². The average molecular weight is 603 g/mol. The second-order valence-corrected chi connectivity index (χ2v) is 13.6. The molecule has 2 unspecified atom stereocenters. The van der Waals surface area contributed by atoms with Gasteiger partial charge in [0.2, 0.25) is 0 Å². The van der Waals surface area contributed by atoms with Crippen LogP contribution >= 0.6 is 0 Å². The summed E-state index contributed by atoms with van der Waals surface area (Å²) in [4.78, 5) is 39.5. The number of hydrogen-bond acceptors (Lipinski definition) is 10. The third-order valence-electron chi connectivity index (χ3n) is 11.4. The van der Waals surface area contributed by atoms with Crippen LogP contribution in [0.15, 0.2) is 37.6 Å². The molecule has 0 aromatic carbocycles. The number of rotatable bonds is 7. The summed E-state index contributed by atoms with van der Waals surface area (Å²) in [6.07, 6.45) is 12.9. The Labute approximate surface area is 256 Å². The topological polar surface area (TPSA) is 164 Å². The van der Waals surface area contributed by atoms with Gasteiger partial charge in [0.05, 0.1) is 11.8 Å². The summed E-state index contributed by atoms with van der Waals surface area (Å²) < 4.78 is 9.54. The summed E-state index contributed by atoms with van der Waals surface area (Å²) in [5.41, 5.74) is 6.10. The van der Waals surface area contributed by atoms with Gasteiger partial charge in [0, 0.05) is 42.0 Å². The largest absolute Gasteiger partial charge is 0.460 e. The Kier molecular flexibility index (Phi) is 7.46. The zero-order valence-electron chi connectivity index (χ0n) is 25.9. The molecule has 12 heteroatoms. The van der Waals surface area contributed by atoms with Crippen LogP contribution in [0.1, 0.15) is 65.5 Å². The third kappa shape index (κ3) is 4.65. The van der Waals surface area contributed by atoms with Crippen molar-refractivity contribution in [2.75, 3.05) is 5.73 Å². The molecule has 0 spiro atoms. The summed E-state index contributed by atoms with van der Waals surface area (Å²) in [6.45, 7) is 12.4. The third-order valence-corrected chi connectivity index (χ3v) is 11.4. The van der Waals surface area contributed by atoms with Gasteiger partial charge in [0.25, 0.3) is 0 Å². The number of allylic oxidation sites excluding steroid dienone is 1. The number of nitrogens with zero attached hydrogens (tertiary/aromatic N) is 7. The van der Waals surface area contributed by atoms with Gasteiger partial charge in [-0.1, -0.05) is 45.1 Å². The molecule has 2 bridgehead atoms. The van der Waals surface area contributed by atoms with E-state index in [9.17, 15) is 14.7 Å². The number of nitrogen functional groups attached to an aromatic ring is 1. The normalized spacial score (nSPS) is 35.4. The van der Waals surface area contributed by atoms with Gasteiger partial charge in [-0.25, -0.2) is 19.6 Å². The molecule has 234 valence electrons. The van der Waals surface area contributed by atoms with E-state index in [-0.39, 0.29) is 35.5 Å². The smallest absolute Gasteiger partial charge is 0.328 e. The lowest BCUT2D eigenvalue weighted by atomic mass is 9.44. The maximum atomic E-state index is 13.6. The second kappa shape index (κ2) is 10.9. The Hall–Kier alpha value is -3.93. The molecule has 0 aliphatic heterocycles. The number of nitrogens with two attached hydrogens (primary N) is 1. The number of fused-ring (bicyclic) bond motifs is 1. The minimum absolute atomic E-state index is 0.0769. The van der Waals surface area contributed by atoms with E-state index in [0.717, 1.165) is 19.3 Å². The quantitative estimate of drug-likeness (QED) is 0.301. The average Bonchev–Trinajstić information content (AvgIpc) is 3.72. The van der Waals surface area contributed by atoms with Gasteiger partial charge in [0.15, 0.2) is 17.0 Å². The van der Waals surface area contributed by atoms with Crippen molar-refractivity contribution in [1.82, 2.24) is 34.5 Å². The van der Waals surface area contributed by atoms with Crippen molar-refractivity contribution in [3.05, 3.63) is 43.3 Å². The van der Waals surface area contributed by atoms with E-state index in [1.54, 1.807) is 23.2 Å². The van der Waals surface area contributed by atoms with E-state index in [4.69, 9.17) is 10.5 Å². The number of aromatic nitrogens is 7. The van der Waals surface area contributed by atoms with E-state index in [1.165, 1.54) is 11.0 Å². The SMILES string of the molecule is C=C[C@]1(C)C[C@@H](OC(=O)Cn2cc(C/C=C/n3cnc4c(N)ncnc43)nn2)[C@]2(C)C(C)CCC3(CCC(=O)[C@H]32)[C@@H](C)[C@@H]1O. The molecule has 3 N–H and O–H groups in total. The van der Waals surface area contributed by atoms with Crippen molar-refractivity contribution in [1.29, 1.82) is 0 Å². The Morgan fingerprint density at radius 2 is 2.05 bits per heavy atom. The Morgan fingerprint density at radius 1 is 1.25 bits per heavy atom. The Bertz CT molecular complexity index is 1630. The molecule has 0 radical (unpaired) electrons. The van der Waals surface area contributed by atoms with Crippen molar-refractivity contribution < 1.29 is 19.4 Å². The highest BCUT2D eigenvalue weighted by molar-refractivity contribution is 5.86. The number of carbonyl (C=O) groups excluding carboxylic acids is 2. The van der Waals surface area contributed by atoms with Crippen LogP contribution in [0.4, 0.5) is 5.82 Å². The van der Waals surface area contributed by atoms with Crippen LogP contribution in [-0.2, 0) is 27.3 Å². The van der Waals surface area contributed by atoms with Crippen molar-refractivity contribution in [2.24, 2.45) is 34.0 Å². The molecule has 12 nitrogen and oxygen atoms in total. The number of carbonyl (C=O) groups is 2. The minimum atomic E-state index is -0.705. The molecule has 8 atom stereocenters. The number of imidazole rings is 1. The van der Waals surface area contributed by atoms with E-state index in [2.05, 4.69) is 52.6 Å². The number of ether oxygens (including phenoxy) is 1. The summed E-state index contributed by atoms with van der Waals surface area (Å²) >= 11 is 0. The van der Waals surface area contributed by atoms with Crippen LogP contribution < -0.4 is 5.73 Å². The van der Waals surface area contributed by atoms with Gasteiger partial charge in [-0.2, -0.15) is 0 Å². The van der Waals surface area contributed by atoms with Crippen LogP contribution in [0, 0.1) is 34.0 Å². The lowest BCUT2D eigenvalue weighted by Gasteiger charge is -2.61. The predicted octanol–water partition coefficient (Wildman–Crippen LogP) is 3.62. The van der Waals surface area contributed by atoms with E-state index < -0.39 is 29.0 Å². The zero-order valence-corrected chi connectivity index (χ0v) is 25.9. The summed E-state index contributed by atoms with van der Waals surface area (Å²) in [5, 5.41) is 20.1. The molecule has 0 saturated heterocycles. The van der Waals surface area contributed by atoms with Gasteiger partial charge in [-0.15, -0.1) is 11.7 Å². The molecule has 3 heterocycles. The molecular weight excluding hydrogens is 560 g/mol. The van der Waals surface area contributed by atoms with Gasteiger partial charge in [0.1, 0.15) is 31.1 Å². The van der Waals surface area contributed by atoms with Gasteiger partial charge in [-0.3, -0.25) is 14.2 Å². The van der Waals surface area contributed by atoms with Crippen LogP contribution in [-0.4, -0.2) is 63.6 Å². The second-order valence-electron chi connectivity index (χ2n) is 13.6. The lowest BCUT2D eigenvalue weighted by Crippen LogP contribution is -2.63. The highest BCUT2D eigenvalue weighted by Gasteiger charge is 2.68. The number of aliphatic hydroxyl groups excluding tert-OH is 1. The highest BCUT2D eigenvalue weighted by atomic mass is 16.5. The minimum Gasteiger partial charge on any atom is -0.460 e. The number of aliphatic hydroxyl groups is 1. The fourth-order valence-electron chi connectivity index (χ4n) is 8.61. The fraction of sp³-hybridized carbons (Fsp3) is 0.594. The number of anilines is 1. The Balaban J connectivity index is 1.20. The maximum Gasteiger partial charge on any atom is 0.328 e. The van der Waals surface area contributed by atoms with Gasteiger partial charge >= 0.3 is 5.97 Å². The molecule has 3 aliphatic carbocycles. The van der Waals surface area contributed by atoms with Crippen LogP contribution in [0.2, 0.25) is 0 Å². The molecule has 44 heavy (non-hydrogen) atoms. The zero-order chi connectivity index (χ0) is 31.4. The summed E-state index contributed by atoms with van der Waals surface area (Å²) in [7, 11) is 0. The molecule has 0 amide bonds. The summed E-state index contributed by atoms with van der Waals surface area (Å²) in [5.74, 6) is -0.0824. The first kappa shape index (κ1) is 30.1. The molecule has 6 rings (SSSR count).